The molecule has 0 unspecified atom stereocenters. The van der Waals surface area contributed by atoms with Gasteiger partial charge in [-0.3, -0.25) is 0 Å². The summed E-state index contributed by atoms with van der Waals surface area (Å²) in [6, 6.07) is 7.27. The first-order valence-electron chi connectivity index (χ1n) is 6.25. The van der Waals surface area contributed by atoms with Crippen LogP contribution in [0.25, 0.3) is 0 Å². The van der Waals surface area contributed by atoms with Gasteiger partial charge in [-0.15, -0.1) is 0 Å². The van der Waals surface area contributed by atoms with E-state index in [0.717, 1.165) is 16.4 Å². The van der Waals surface area contributed by atoms with E-state index < -0.39 is 0 Å². The number of aryl methyl sites for hydroxylation is 1. The normalized spacial score (nSPS) is 11.5. The van der Waals surface area contributed by atoms with Gasteiger partial charge >= 0.3 is 0 Å². The van der Waals surface area contributed by atoms with Gasteiger partial charge in [0.05, 0.1) is 0 Å². The van der Waals surface area contributed by atoms with Crippen molar-refractivity contribution in [3.63, 3.8) is 0 Å². The summed E-state index contributed by atoms with van der Waals surface area (Å²) >= 11 is 9.40. The predicted molar refractivity (Wildman–Crippen MR) is 84.7 cm³/mol. The largest absolute Gasteiger partial charge is 0.439 e. The second kappa shape index (κ2) is 5.70. The number of nitrogens with zero attached hydrogens (tertiary/aromatic N) is 2. The lowest BCUT2D eigenvalue weighted by atomic mass is 9.96. The zero-order valence-electron chi connectivity index (χ0n) is 11.9. The molecule has 0 aliphatic carbocycles. The quantitative estimate of drug-likeness (QED) is 0.686. The molecule has 5 heteroatoms. The van der Waals surface area contributed by atoms with Crippen LogP contribution in [-0.4, -0.2) is 9.97 Å². The smallest absolute Gasteiger partial charge is 0.223 e. The van der Waals surface area contributed by atoms with Crippen molar-refractivity contribution in [2.45, 2.75) is 33.1 Å². The van der Waals surface area contributed by atoms with Crippen LogP contribution < -0.4 is 4.74 Å². The Hall–Kier alpha value is -1.13. The lowest BCUT2D eigenvalue weighted by Crippen LogP contribution is -2.16. The van der Waals surface area contributed by atoms with Crippen LogP contribution in [0.5, 0.6) is 11.6 Å². The van der Waals surface area contributed by atoms with Gasteiger partial charge in [0.2, 0.25) is 5.88 Å². The van der Waals surface area contributed by atoms with Gasteiger partial charge in [-0.2, -0.15) is 4.98 Å². The van der Waals surface area contributed by atoms with E-state index in [4.69, 9.17) is 16.3 Å². The van der Waals surface area contributed by atoms with Crippen LogP contribution in [0.2, 0.25) is 5.02 Å². The number of ether oxygens (including phenoxy) is 1. The Kier molecular flexibility index (Phi) is 4.35. The molecule has 0 bridgehead atoms. The molecule has 0 radical (unpaired) electrons. The average Bonchev–Trinajstić information content (AvgIpc) is 2.32. The van der Waals surface area contributed by atoms with Crippen LogP contribution >= 0.6 is 27.5 Å². The Morgan fingerprint density at radius 1 is 1.15 bits per heavy atom. The minimum atomic E-state index is -0.141. The highest BCUT2D eigenvalue weighted by Crippen LogP contribution is 2.28. The van der Waals surface area contributed by atoms with E-state index in [1.165, 1.54) is 0 Å². The molecular formula is C15H16BrClN2O. The van der Waals surface area contributed by atoms with Crippen LogP contribution in [0.15, 0.2) is 28.9 Å². The van der Waals surface area contributed by atoms with Gasteiger partial charge in [-0.1, -0.05) is 32.4 Å². The van der Waals surface area contributed by atoms with Crippen molar-refractivity contribution in [3.8, 4) is 11.6 Å². The molecule has 0 amide bonds. The summed E-state index contributed by atoms with van der Waals surface area (Å²) in [4.78, 5) is 8.84. The third-order valence-corrected chi connectivity index (χ3v) is 3.52. The summed E-state index contributed by atoms with van der Waals surface area (Å²) < 4.78 is 6.50. The maximum Gasteiger partial charge on any atom is 0.223 e. The standard InChI is InChI=1S/C15H16BrClN2O/c1-9-7-10(5-6-11(9)17)20-13-8-12(16)18-14(19-13)15(2,3)4/h5-8H,1-4H3. The highest BCUT2D eigenvalue weighted by molar-refractivity contribution is 9.10. The number of benzene rings is 1. The van der Waals surface area contributed by atoms with E-state index in [9.17, 15) is 0 Å². The minimum Gasteiger partial charge on any atom is -0.439 e. The molecule has 0 aliphatic heterocycles. The van der Waals surface area contributed by atoms with Crippen molar-refractivity contribution in [2.24, 2.45) is 0 Å². The van der Waals surface area contributed by atoms with E-state index in [0.29, 0.717) is 16.2 Å². The average molecular weight is 356 g/mol. The Balaban J connectivity index is 2.33. The van der Waals surface area contributed by atoms with Crippen molar-refractivity contribution >= 4 is 27.5 Å². The highest BCUT2D eigenvalue weighted by Gasteiger charge is 2.19. The van der Waals surface area contributed by atoms with E-state index in [1.54, 1.807) is 6.07 Å². The lowest BCUT2D eigenvalue weighted by Gasteiger charge is -2.17. The van der Waals surface area contributed by atoms with E-state index in [2.05, 4.69) is 46.7 Å². The van der Waals surface area contributed by atoms with Crippen LogP contribution in [0, 0.1) is 6.92 Å². The molecule has 2 rings (SSSR count). The van der Waals surface area contributed by atoms with Gasteiger partial charge in [0.1, 0.15) is 16.2 Å². The first-order valence-corrected chi connectivity index (χ1v) is 7.42. The molecule has 0 atom stereocenters. The van der Waals surface area contributed by atoms with Gasteiger partial charge in [-0.05, 0) is 46.6 Å². The van der Waals surface area contributed by atoms with Crippen LogP contribution in [0.3, 0.4) is 0 Å². The lowest BCUT2D eigenvalue weighted by molar-refractivity contribution is 0.444. The molecule has 0 spiro atoms. The molecule has 3 nitrogen and oxygen atoms in total. The van der Waals surface area contributed by atoms with Crippen molar-refractivity contribution in [2.75, 3.05) is 0 Å². The summed E-state index contributed by atoms with van der Waals surface area (Å²) in [5.41, 5.74) is 0.825. The van der Waals surface area contributed by atoms with E-state index in [-0.39, 0.29) is 5.41 Å². The molecular weight excluding hydrogens is 340 g/mol. The highest BCUT2D eigenvalue weighted by atomic mass is 79.9. The van der Waals surface area contributed by atoms with E-state index >= 15 is 0 Å². The van der Waals surface area contributed by atoms with Gasteiger partial charge in [0.15, 0.2) is 0 Å². The third-order valence-electron chi connectivity index (χ3n) is 2.69. The minimum absolute atomic E-state index is 0.141. The van der Waals surface area contributed by atoms with Gasteiger partial charge in [-0.25, -0.2) is 4.98 Å². The maximum atomic E-state index is 6.01. The Bertz CT molecular complexity index is 638. The summed E-state index contributed by atoms with van der Waals surface area (Å²) in [6.45, 7) is 8.12. The first kappa shape index (κ1) is 15.3. The van der Waals surface area contributed by atoms with Crippen LogP contribution in [0.1, 0.15) is 32.2 Å². The molecule has 0 fully saturated rings. The summed E-state index contributed by atoms with van der Waals surface area (Å²) in [7, 11) is 0. The maximum absolute atomic E-state index is 6.01. The first-order chi connectivity index (χ1) is 9.25. The molecule has 0 saturated carbocycles. The van der Waals surface area contributed by atoms with Crippen LogP contribution in [0.4, 0.5) is 0 Å². The molecule has 2 aromatic rings. The zero-order chi connectivity index (χ0) is 14.9. The predicted octanol–water partition coefficient (Wildman–Crippen LogP) is 5.29. The third kappa shape index (κ3) is 3.70. The fraction of sp³-hybridized carbons (Fsp3) is 0.333. The fourth-order valence-corrected chi connectivity index (χ4v) is 2.07. The second-order valence-electron chi connectivity index (χ2n) is 5.62. The van der Waals surface area contributed by atoms with Crippen molar-refractivity contribution in [3.05, 3.63) is 45.3 Å². The SMILES string of the molecule is Cc1cc(Oc2cc(Br)nc(C(C)(C)C)n2)ccc1Cl. The molecule has 1 aromatic heterocycles. The zero-order valence-corrected chi connectivity index (χ0v) is 14.2. The van der Waals surface area contributed by atoms with Gasteiger partial charge < -0.3 is 4.74 Å². The second-order valence-corrected chi connectivity index (χ2v) is 6.84. The Morgan fingerprint density at radius 2 is 1.85 bits per heavy atom. The topological polar surface area (TPSA) is 35.0 Å². The molecule has 1 heterocycles. The Labute approximate surface area is 132 Å². The summed E-state index contributed by atoms with van der Waals surface area (Å²) in [5.74, 6) is 1.95. The molecule has 0 saturated heterocycles. The molecule has 0 N–H and O–H groups in total. The van der Waals surface area contributed by atoms with Crippen LogP contribution in [-0.2, 0) is 5.41 Å². The number of hydrogen-bond acceptors (Lipinski definition) is 3. The van der Waals surface area contributed by atoms with Crippen molar-refractivity contribution in [1.29, 1.82) is 0 Å². The van der Waals surface area contributed by atoms with Gasteiger partial charge in [0.25, 0.3) is 0 Å². The van der Waals surface area contributed by atoms with E-state index in [1.807, 2.05) is 25.1 Å². The molecule has 0 aliphatic rings. The fourth-order valence-electron chi connectivity index (χ4n) is 1.59. The number of aromatic nitrogens is 2. The monoisotopic (exact) mass is 354 g/mol. The van der Waals surface area contributed by atoms with Gasteiger partial charge in [0, 0.05) is 16.5 Å². The molecule has 20 heavy (non-hydrogen) atoms. The summed E-state index contributed by atoms with van der Waals surface area (Å²) in [5, 5.41) is 0.719. The molecule has 106 valence electrons. The number of halogens is 2. The Morgan fingerprint density at radius 3 is 2.45 bits per heavy atom. The van der Waals surface area contributed by atoms with Crippen molar-refractivity contribution in [1.82, 2.24) is 9.97 Å². The number of rotatable bonds is 2. The summed E-state index contributed by atoms with van der Waals surface area (Å²) in [6.07, 6.45) is 0. The number of hydrogen-bond donors (Lipinski definition) is 0. The molecule has 1 aromatic carbocycles. The van der Waals surface area contributed by atoms with Crippen molar-refractivity contribution < 1.29 is 4.74 Å².